The van der Waals surface area contributed by atoms with Gasteiger partial charge in [0.15, 0.2) is 6.29 Å². The van der Waals surface area contributed by atoms with Crippen LogP contribution in [0.3, 0.4) is 0 Å². The van der Waals surface area contributed by atoms with Crippen molar-refractivity contribution in [2.45, 2.75) is 166 Å². The lowest BCUT2D eigenvalue weighted by molar-refractivity contribution is -0.305. The molecule has 0 saturated carbocycles. The van der Waals surface area contributed by atoms with Crippen LogP contribution in [0.15, 0.2) is 60.8 Å². The third kappa shape index (κ3) is 24.1. The Morgan fingerprint density at radius 1 is 0.660 bits per heavy atom. The Morgan fingerprint density at radius 2 is 1.20 bits per heavy atom. The normalized spacial score (nSPS) is 22.2. The third-order valence-corrected chi connectivity index (χ3v) is 8.45. The minimum atomic E-state index is -1.55. The van der Waals surface area contributed by atoms with Crippen molar-refractivity contribution < 1.29 is 44.2 Å². The van der Waals surface area contributed by atoms with E-state index in [-0.39, 0.29) is 25.6 Å². The van der Waals surface area contributed by atoms with E-state index in [9.17, 15) is 25.2 Å². The van der Waals surface area contributed by atoms with Crippen molar-refractivity contribution in [1.29, 1.82) is 0 Å². The zero-order valence-corrected chi connectivity index (χ0v) is 31.1. The number of ether oxygens (including phenoxy) is 4. The molecule has 0 aromatic heterocycles. The van der Waals surface area contributed by atoms with Crippen LogP contribution in [0.4, 0.5) is 0 Å². The number of aliphatic hydroxyl groups is 4. The van der Waals surface area contributed by atoms with E-state index >= 15 is 0 Å². The molecule has 1 aliphatic heterocycles. The van der Waals surface area contributed by atoms with Crippen molar-refractivity contribution in [1.82, 2.24) is 0 Å². The van der Waals surface area contributed by atoms with Crippen molar-refractivity contribution in [3.63, 3.8) is 0 Å². The van der Waals surface area contributed by atoms with Crippen LogP contribution in [0.5, 0.6) is 0 Å². The number of hydrogen-bond acceptors (Lipinski definition) is 9. The summed E-state index contributed by atoms with van der Waals surface area (Å²) in [5.41, 5.74) is 0. The molecule has 9 nitrogen and oxygen atoms in total. The summed E-state index contributed by atoms with van der Waals surface area (Å²) in [4.78, 5) is 12.7. The lowest BCUT2D eigenvalue weighted by Gasteiger charge is -2.39. The Balaban J connectivity index is 2.38. The minimum absolute atomic E-state index is 0.120. The second-order valence-corrected chi connectivity index (χ2v) is 13.0. The number of unbranched alkanes of at least 4 members (excludes halogenated alkanes) is 10. The molecule has 4 N–H and O–H groups in total. The second-order valence-electron chi connectivity index (χ2n) is 13.0. The molecule has 0 aliphatic carbocycles. The van der Waals surface area contributed by atoms with Crippen LogP contribution in [-0.4, -0.2) is 89.6 Å². The molecular weight excluding hydrogens is 636 g/mol. The lowest BCUT2D eigenvalue weighted by atomic mass is 9.99. The van der Waals surface area contributed by atoms with Gasteiger partial charge in [0.2, 0.25) is 0 Å². The van der Waals surface area contributed by atoms with Gasteiger partial charge in [-0.3, -0.25) is 4.79 Å². The maximum atomic E-state index is 12.7. The Hall–Kier alpha value is -2.11. The van der Waals surface area contributed by atoms with Crippen molar-refractivity contribution in [3.8, 4) is 0 Å². The molecule has 1 heterocycles. The highest BCUT2D eigenvalue weighted by Gasteiger charge is 2.44. The van der Waals surface area contributed by atoms with Crippen LogP contribution in [0.1, 0.15) is 129 Å². The number of allylic oxidation sites excluding steroid dienone is 10. The van der Waals surface area contributed by atoms with Gasteiger partial charge in [0.25, 0.3) is 0 Å². The molecule has 1 fully saturated rings. The maximum absolute atomic E-state index is 12.7. The number of hydrogen-bond donors (Lipinski definition) is 4. The fraction of sp³-hybridized carbons (Fsp3) is 0.732. The van der Waals surface area contributed by atoms with Crippen LogP contribution in [0.25, 0.3) is 0 Å². The molecule has 1 saturated heterocycles. The Labute approximate surface area is 303 Å². The van der Waals surface area contributed by atoms with E-state index in [1.807, 2.05) is 0 Å². The van der Waals surface area contributed by atoms with Gasteiger partial charge in [0, 0.05) is 13.0 Å². The highest BCUT2D eigenvalue weighted by atomic mass is 16.7. The fourth-order valence-corrected chi connectivity index (χ4v) is 5.41. The Bertz CT molecular complexity index is 942. The van der Waals surface area contributed by atoms with Crippen LogP contribution in [-0.2, 0) is 23.7 Å². The van der Waals surface area contributed by atoms with Gasteiger partial charge in [-0.1, -0.05) is 132 Å². The summed E-state index contributed by atoms with van der Waals surface area (Å²) in [5, 5.41) is 39.9. The predicted molar refractivity (Wildman–Crippen MR) is 201 cm³/mol. The van der Waals surface area contributed by atoms with Crippen LogP contribution in [0.2, 0.25) is 0 Å². The minimum Gasteiger partial charge on any atom is -0.457 e. The quantitative estimate of drug-likeness (QED) is 0.0327. The average molecular weight is 707 g/mol. The molecule has 6 atom stereocenters. The molecule has 50 heavy (non-hydrogen) atoms. The number of aliphatic hydroxyl groups excluding tert-OH is 4. The molecular formula is C41H70O9. The molecule has 0 amide bonds. The maximum Gasteiger partial charge on any atom is 0.306 e. The number of rotatable bonds is 31. The summed E-state index contributed by atoms with van der Waals surface area (Å²) < 4.78 is 22.6. The van der Waals surface area contributed by atoms with Gasteiger partial charge in [-0.05, 0) is 51.4 Å². The van der Waals surface area contributed by atoms with Crippen molar-refractivity contribution in [2.75, 3.05) is 26.4 Å². The topological polar surface area (TPSA) is 135 Å². The standard InChI is InChI=1S/C41H70O9/c1-3-5-7-9-11-13-15-16-17-18-19-20-21-22-24-26-28-30-37(43)49-35(33-47-31-29-27-25-23-14-12-10-8-6-4-2)34-48-41-40(46)39(45)38(44)36(32-42)50-41/h5,7,11,13,16-17,19-20,22,24,35-36,38-42,44-46H,3-4,6,8-10,12,14-15,18,21,23,25-34H2,1-2H3/b7-5-,13-11-,17-16-,20-19-,24-22-. The van der Waals surface area contributed by atoms with E-state index in [1.54, 1.807) is 0 Å². The monoisotopic (exact) mass is 707 g/mol. The zero-order chi connectivity index (χ0) is 36.5. The summed E-state index contributed by atoms with van der Waals surface area (Å²) in [5.74, 6) is -0.373. The zero-order valence-electron chi connectivity index (χ0n) is 31.1. The highest BCUT2D eigenvalue weighted by Crippen LogP contribution is 2.22. The van der Waals surface area contributed by atoms with Gasteiger partial charge < -0.3 is 39.4 Å². The average Bonchev–Trinajstić information content (AvgIpc) is 3.11. The first kappa shape index (κ1) is 45.9. The molecule has 288 valence electrons. The van der Waals surface area contributed by atoms with Gasteiger partial charge in [-0.25, -0.2) is 0 Å². The molecule has 0 aromatic carbocycles. The van der Waals surface area contributed by atoms with Crippen molar-refractivity contribution >= 4 is 5.97 Å². The lowest BCUT2D eigenvalue weighted by Crippen LogP contribution is -2.59. The first-order chi connectivity index (χ1) is 24.4. The second kappa shape index (κ2) is 32.8. The van der Waals surface area contributed by atoms with E-state index < -0.39 is 43.4 Å². The van der Waals surface area contributed by atoms with E-state index in [4.69, 9.17) is 18.9 Å². The van der Waals surface area contributed by atoms with Gasteiger partial charge in [0.1, 0.15) is 30.5 Å². The third-order valence-electron chi connectivity index (χ3n) is 8.45. The largest absolute Gasteiger partial charge is 0.457 e. The highest BCUT2D eigenvalue weighted by molar-refractivity contribution is 5.69. The van der Waals surface area contributed by atoms with Crippen molar-refractivity contribution in [3.05, 3.63) is 60.8 Å². The summed E-state index contributed by atoms with van der Waals surface area (Å²) >= 11 is 0. The first-order valence-corrected chi connectivity index (χ1v) is 19.4. The molecule has 1 aliphatic rings. The Kier molecular flexibility index (Phi) is 30.1. The molecule has 0 radical (unpaired) electrons. The number of carbonyl (C=O) groups excluding carboxylic acids is 1. The number of carbonyl (C=O) groups is 1. The summed E-state index contributed by atoms with van der Waals surface area (Å²) in [6, 6.07) is 0. The molecule has 0 spiro atoms. The fourth-order valence-electron chi connectivity index (χ4n) is 5.41. The van der Waals surface area contributed by atoms with E-state index in [2.05, 4.69) is 74.6 Å². The van der Waals surface area contributed by atoms with Gasteiger partial charge in [0.05, 0.1) is 19.8 Å². The molecule has 1 rings (SSSR count). The van der Waals surface area contributed by atoms with E-state index in [0.717, 1.165) is 51.4 Å². The molecule has 9 heteroatoms. The summed E-state index contributed by atoms with van der Waals surface area (Å²) in [6.45, 7) is 4.34. The predicted octanol–water partition coefficient (Wildman–Crippen LogP) is 7.57. The molecule has 6 unspecified atom stereocenters. The van der Waals surface area contributed by atoms with Gasteiger partial charge in [-0.15, -0.1) is 0 Å². The van der Waals surface area contributed by atoms with Crippen molar-refractivity contribution in [2.24, 2.45) is 0 Å². The van der Waals surface area contributed by atoms with Gasteiger partial charge in [-0.2, -0.15) is 0 Å². The number of esters is 1. The Morgan fingerprint density at radius 3 is 1.76 bits per heavy atom. The molecule has 0 bridgehead atoms. The first-order valence-electron chi connectivity index (χ1n) is 19.4. The van der Waals surface area contributed by atoms with E-state index in [1.165, 1.54) is 51.4 Å². The molecule has 0 aromatic rings. The SMILES string of the molecule is CC/C=C\C/C=C\C/C=C\C/C=C\C/C=C\CCCC(=O)OC(COCCCCCCCCCCCC)COC1OC(CO)C(O)C(O)C1O. The summed E-state index contributed by atoms with van der Waals surface area (Å²) in [7, 11) is 0. The van der Waals surface area contributed by atoms with Crippen LogP contribution >= 0.6 is 0 Å². The smallest absolute Gasteiger partial charge is 0.306 e. The van der Waals surface area contributed by atoms with Crippen LogP contribution < -0.4 is 0 Å². The van der Waals surface area contributed by atoms with Gasteiger partial charge >= 0.3 is 5.97 Å². The van der Waals surface area contributed by atoms with Crippen LogP contribution in [0, 0.1) is 0 Å². The summed E-state index contributed by atoms with van der Waals surface area (Å²) in [6.07, 6.45) is 32.5. The van der Waals surface area contributed by atoms with E-state index in [0.29, 0.717) is 13.0 Å².